The normalized spacial score (nSPS) is 38.3. The van der Waals surface area contributed by atoms with Crippen LogP contribution in [0.25, 0.3) is 0 Å². The number of fused-ring (bicyclic) bond motifs is 1. The molecule has 3 aliphatic heterocycles. The summed E-state index contributed by atoms with van der Waals surface area (Å²) in [4.78, 5) is 2.68. The molecular formula is C23H33NO4. The Bertz CT molecular complexity index is 660. The molecule has 0 aromatic heterocycles. The smallest absolute Gasteiger partial charge is 0.190 e. The Morgan fingerprint density at radius 3 is 2.50 bits per heavy atom. The molecule has 0 unspecified atom stereocenters. The van der Waals surface area contributed by atoms with E-state index in [1.165, 1.54) is 50.6 Å². The molecule has 4 aliphatic rings. The molecule has 0 N–H and O–H groups in total. The topological polar surface area (TPSA) is 40.2 Å². The third-order valence-electron chi connectivity index (χ3n) is 6.84. The average Bonchev–Trinajstić information content (AvgIpc) is 3.12. The number of rotatable bonds is 5. The zero-order valence-electron chi connectivity index (χ0n) is 17.1. The Balaban J connectivity index is 1.31. The van der Waals surface area contributed by atoms with Crippen molar-refractivity contribution in [1.82, 2.24) is 4.90 Å². The average molecular weight is 388 g/mol. The molecule has 5 heteroatoms. The second-order valence-electron chi connectivity index (χ2n) is 9.22. The number of benzene rings is 1. The number of hydrogen-bond donors (Lipinski definition) is 0. The van der Waals surface area contributed by atoms with Crippen molar-refractivity contribution in [2.24, 2.45) is 0 Å². The molecule has 3 heterocycles. The van der Waals surface area contributed by atoms with E-state index in [1.807, 2.05) is 19.9 Å². The van der Waals surface area contributed by atoms with Gasteiger partial charge in [-0.1, -0.05) is 49.6 Å². The summed E-state index contributed by atoms with van der Waals surface area (Å²) in [6, 6.07) is 11.5. The predicted molar refractivity (Wildman–Crippen MR) is 106 cm³/mol. The van der Waals surface area contributed by atoms with Crippen LogP contribution in [-0.2, 0) is 25.6 Å². The molecule has 5 rings (SSSR count). The first-order valence-corrected chi connectivity index (χ1v) is 11.0. The van der Waals surface area contributed by atoms with Crippen molar-refractivity contribution in [2.45, 2.75) is 101 Å². The second kappa shape index (κ2) is 7.69. The fourth-order valence-corrected chi connectivity index (χ4v) is 5.42. The summed E-state index contributed by atoms with van der Waals surface area (Å²) in [5.74, 6) is -0.614. The largest absolute Gasteiger partial charge is 0.368 e. The zero-order valence-corrected chi connectivity index (χ0v) is 17.1. The molecule has 4 fully saturated rings. The summed E-state index contributed by atoms with van der Waals surface area (Å²) in [5, 5.41) is 0. The van der Waals surface area contributed by atoms with Gasteiger partial charge in [-0.05, 0) is 38.7 Å². The first kappa shape index (κ1) is 19.0. The molecule has 3 saturated heterocycles. The van der Waals surface area contributed by atoms with Crippen LogP contribution in [0.1, 0.15) is 57.9 Å². The van der Waals surface area contributed by atoms with Crippen molar-refractivity contribution in [3.63, 3.8) is 0 Å². The lowest BCUT2D eigenvalue weighted by Gasteiger charge is -2.50. The first-order valence-electron chi connectivity index (χ1n) is 11.0. The van der Waals surface area contributed by atoms with Gasteiger partial charge in [-0.25, -0.2) is 0 Å². The molecule has 1 aromatic rings. The number of ether oxygens (including phenoxy) is 4. The van der Waals surface area contributed by atoms with Crippen LogP contribution in [0.5, 0.6) is 0 Å². The highest BCUT2D eigenvalue weighted by Gasteiger charge is 2.59. The Labute approximate surface area is 168 Å². The maximum atomic E-state index is 6.44. The van der Waals surface area contributed by atoms with Gasteiger partial charge >= 0.3 is 0 Å². The lowest BCUT2D eigenvalue weighted by Crippen LogP contribution is -2.61. The van der Waals surface area contributed by atoms with Gasteiger partial charge in [0.15, 0.2) is 12.1 Å². The highest BCUT2D eigenvalue weighted by atomic mass is 16.8. The van der Waals surface area contributed by atoms with Crippen LogP contribution in [0.2, 0.25) is 0 Å². The van der Waals surface area contributed by atoms with Crippen LogP contribution in [-0.4, -0.2) is 53.9 Å². The maximum Gasteiger partial charge on any atom is 0.190 e. The van der Waals surface area contributed by atoms with E-state index in [9.17, 15) is 0 Å². The van der Waals surface area contributed by atoms with Gasteiger partial charge < -0.3 is 18.9 Å². The highest BCUT2D eigenvalue weighted by molar-refractivity contribution is 5.14. The van der Waals surface area contributed by atoms with E-state index >= 15 is 0 Å². The van der Waals surface area contributed by atoms with Crippen molar-refractivity contribution in [3.8, 4) is 0 Å². The van der Waals surface area contributed by atoms with Crippen molar-refractivity contribution in [1.29, 1.82) is 0 Å². The fourth-order valence-electron chi connectivity index (χ4n) is 5.42. The van der Waals surface area contributed by atoms with E-state index in [0.717, 1.165) is 0 Å². The minimum atomic E-state index is -0.614. The summed E-state index contributed by atoms with van der Waals surface area (Å²) in [7, 11) is 0. The van der Waals surface area contributed by atoms with Crippen LogP contribution in [0.3, 0.4) is 0 Å². The maximum absolute atomic E-state index is 6.44. The van der Waals surface area contributed by atoms with Gasteiger partial charge in [0, 0.05) is 18.6 Å². The van der Waals surface area contributed by atoms with Crippen LogP contribution < -0.4 is 0 Å². The quantitative estimate of drug-likeness (QED) is 0.767. The van der Waals surface area contributed by atoms with E-state index in [-0.39, 0.29) is 24.6 Å². The number of likely N-dealkylation sites (tertiary alicyclic amines) is 1. The molecule has 0 bridgehead atoms. The summed E-state index contributed by atoms with van der Waals surface area (Å²) in [6.07, 6.45) is 7.38. The van der Waals surface area contributed by atoms with Crippen LogP contribution in [0.15, 0.2) is 30.3 Å². The molecule has 28 heavy (non-hydrogen) atoms. The molecule has 1 aromatic carbocycles. The summed E-state index contributed by atoms with van der Waals surface area (Å²) >= 11 is 0. The molecule has 5 atom stereocenters. The minimum absolute atomic E-state index is 0.0190. The van der Waals surface area contributed by atoms with Gasteiger partial charge in [0.05, 0.1) is 6.61 Å². The van der Waals surface area contributed by atoms with Gasteiger partial charge in [-0.15, -0.1) is 0 Å². The fraction of sp³-hybridized carbons (Fsp3) is 0.739. The Morgan fingerprint density at radius 1 is 1.00 bits per heavy atom. The Morgan fingerprint density at radius 2 is 1.79 bits per heavy atom. The third kappa shape index (κ3) is 3.63. The minimum Gasteiger partial charge on any atom is -0.368 e. The predicted octanol–water partition coefficient (Wildman–Crippen LogP) is 3.86. The lowest BCUT2D eigenvalue weighted by atomic mass is 9.86. The third-order valence-corrected chi connectivity index (χ3v) is 6.84. The van der Waals surface area contributed by atoms with Gasteiger partial charge in [0.25, 0.3) is 0 Å². The molecule has 5 nitrogen and oxygen atoms in total. The van der Waals surface area contributed by atoms with Gasteiger partial charge in [-0.2, -0.15) is 0 Å². The van der Waals surface area contributed by atoms with Crippen molar-refractivity contribution in [2.75, 3.05) is 6.54 Å². The van der Waals surface area contributed by atoms with Gasteiger partial charge in [0.1, 0.15) is 18.3 Å². The van der Waals surface area contributed by atoms with E-state index in [2.05, 4.69) is 29.2 Å². The summed E-state index contributed by atoms with van der Waals surface area (Å²) in [6.45, 7) is 5.67. The Hall–Kier alpha value is -0.980. The summed E-state index contributed by atoms with van der Waals surface area (Å²) in [5.41, 5.74) is 1.18. The highest BCUT2D eigenvalue weighted by Crippen LogP contribution is 2.43. The standard InChI is InChI=1S/C23H33NO4/c1-23(2)27-21-20(25-15-16-9-5-3-6-10-16)19(26-22(21)28-23)18-13-14-24(18)17-11-7-4-8-12-17/h3,5-6,9-10,17-22H,4,7-8,11-15H2,1-2H3/t18-,19+,20-,21+,22+/m0/s1. The van der Waals surface area contributed by atoms with E-state index < -0.39 is 5.79 Å². The number of hydrogen-bond acceptors (Lipinski definition) is 5. The van der Waals surface area contributed by atoms with Crippen molar-refractivity contribution >= 4 is 0 Å². The van der Waals surface area contributed by atoms with Crippen LogP contribution in [0.4, 0.5) is 0 Å². The molecule has 1 saturated carbocycles. The van der Waals surface area contributed by atoms with E-state index in [4.69, 9.17) is 18.9 Å². The molecule has 154 valence electrons. The molecule has 1 aliphatic carbocycles. The molecule has 0 amide bonds. The van der Waals surface area contributed by atoms with Crippen molar-refractivity contribution in [3.05, 3.63) is 35.9 Å². The summed E-state index contributed by atoms with van der Waals surface area (Å²) < 4.78 is 25.1. The van der Waals surface area contributed by atoms with Crippen LogP contribution >= 0.6 is 0 Å². The lowest BCUT2D eigenvalue weighted by molar-refractivity contribution is -0.233. The zero-order chi connectivity index (χ0) is 19.1. The van der Waals surface area contributed by atoms with Gasteiger partial charge in [0.2, 0.25) is 0 Å². The van der Waals surface area contributed by atoms with E-state index in [1.54, 1.807) is 0 Å². The van der Waals surface area contributed by atoms with E-state index in [0.29, 0.717) is 18.7 Å². The molecular weight excluding hydrogens is 354 g/mol. The SMILES string of the molecule is CC1(C)O[C@H]2O[C@H]([C@@H]3CCN3C3CCCCC3)[C@H](OCc3ccccc3)[C@H]2O1. The monoisotopic (exact) mass is 387 g/mol. The molecule has 0 radical (unpaired) electrons. The molecule has 0 spiro atoms. The van der Waals surface area contributed by atoms with Crippen LogP contribution in [0, 0.1) is 0 Å². The Kier molecular flexibility index (Phi) is 5.22. The van der Waals surface area contributed by atoms with Crippen molar-refractivity contribution < 1.29 is 18.9 Å². The van der Waals surface area contributed by atoms with Gasteiger partial charge in [-0.3, -0.25) is 4.90 Å². The second-order valence-corrected chi connectivity index (χ2v) is 9.22. The first-order chi connectivity index (χ1) is 13.6. The number of nitrogens with zero attached hydrogens (tertiary/aromatic N) is 1.